The summed E-state index contributed by atoms with van der Waals surface area (Å²) < 4.78 is 10.4. The maximum absolute atomic E-state index is 12.5. The van der Waals surface area contributed by atoms with Gasteiger partial charge in [-0.2, -0.15) is 4.98 Å². The van der Waals surface area contributed by atoms with Gasteiger partial charge in [-0.25, -0.2) is 0 Å². The van der Waals surface area contributed by atoms with Crippen molar-refractivity contribution in [3.63, 3.8) is 0 Å². The summed E-state index contributed by atoms with van der Waals surface area (Å²) in [6.45, 7) is 5.33. The van der Waals surface area contributed by atoms with E-state index in [0.29, 0.717) is 42.8 Å². The van der Waals surface area contributed by atoms with Crippen LogP contribution < -0.4 is 0 Å². The SMILES string of the molecule is Cc1cc(C(=O)N2CCCN(Cc3noc(-c4ccccc4)n3)CC2)no1. The van der Waals surface area contributed by atoms with Crippen molar-refractivity contribution < 1.29 is 13.8 Å². The zero-order valence-electron chi connectivity index (χ0n) is 15.2. The van der Waals surface area contributed by atoms with Gasteiger partial charge in [0, 0.05) is 37.8 Å². The molecule has 0 bridgehead atoms. The number of carbonyl (C=O) groups excluding carboxylic acids is 1. The van der Waals surface area contributed by atoms with Crippen LogP contribution in [-0.4, -0.2) is 57.2 Å². The van der Waals surface area contributed by atoms with Crippen LogP contribution in [0.3, 0.4) is 0 Å². The van der Waals surface area contributed by atoms with Crippen LogP contribution in [0.25, 0.3) is 11.5 Å². The van der Waals surface area contributed by atoms with Gasteiger partial charge in [0.25, 0.3) is 11.8 Å². The van der Waals surface area contributed by atoms with E-state index in [1.54, 1.807) is 13.0 Å². The molecule has 0 saturated carbocycles. The van der Waals surface area contributed by atoms with Crippen LogP contribution in [0, 0.1) is 6.92 Å². The van der Waals surface area contributed by atoms with E-state index in [4.69, 9.17) is 9.05 Å². The maximum Gasteiger partial charge on any atom is 0.276 e. The molecule has 1 amide bonds. The fourth-order valence-corrected chi connectivity index (χ4v) is 3.18. The van der Waals surface area contributed by atoms with Crippen LogP contribution in [0.4, 0.5) is 0 Å². The van der Waals surface area contributed by atoms with Crippen LogP contribution >= 0.6 is 0 Å². The summed E-state index contributed by atoms with van der Waals surface area (Å²) in [5.74, 6) is 1.74. The zero-order chi connectivity index (χ0) is 18.6. The molecule has 1 aliphatic rings. The van der Waals surface area contributed by atoms with Gasteiger partial charge < -0.3 is 13.9 Å². The van der Waals surface area contributed by atoms with Crippen molar-refractivity contribution in [2.75, 3.05) is 26.2 Å². The van der Waals surface area contributed by atoms with Crippen LogP contribution in [0.2, 0.25) is 0 Å². The van der Waals surface area contributed by atoms with Crippen molar-refractivity contribution in [1.82, 2.24) is 25.1 Å². The van der Waals surface area contributed by atoms with Crippen molar-refractivity contribution >= 4 is 5.91 Å². The summed E-state index contributed by atoms with van der Waals surface area (Å²) in [5.41, 5.74) is 1.28. The van der Waals surface area contributed by atoms with E-state index in [-0.39, 0.29) is 5.91 Å². The molecule has 0 atom stereocenters. The Kier molecular flexibility index (Phi) is 4.97. The number of hydrogen-bond donors (Lipinski definition) is 0. The van der Waals surface area contributed by atoms with Crippen molar-refractivity contribution in [3.05, 3.63) is 53.7 Å². The van der Waals surface area contributed by atoms with Crippen molar-refractivity contribution in [1.29, 1.82) is 0 Å². The fourth-order valence-electron chi connectivity index (χ4n) is 3.18. The second-order valence-corrected chi connectivity index (χ2v) is 6.63. The third kappa shape index (κ3) is 4.06. The normalized spacial score (nSPS) is 15.7. The molecule has 0 unspecified atom stereocenters. The molecular formula is C19H21N5O3. The minimum absolute atomic E-state index is 0.0837. The van der Waals surface area contributed by atoms with E-state index >= 15 is 0 Å². The summed E-state index contributed by atoms with van der Waals surface area (Å²) in [6, 6.07) is 11.4. The van der Waals surface area contributed by atoms with E-state index in [1.807, 2.05) is 35.2 Å². The van der Waals surface area contributed by atoms with Gasteiger partial charge in [-0.05, 0) is 25.5 Å². The summed E-state index contributed by atoms with van der Waals surface area (Å²) in [4.78, 5) is 21.1. The van der Waals surface area contributed by atoms with E-state index in [0.717, 1.165) is 25.1 Å². The number of carbonyl (C=O) groups is 1. The lowest BCUT2D eigenvalue weighted by molar-refractivity contribution is 0.0750. The van der Waals surface area contributed by atoms with E-state index < -0.39 is 0 Å². The molecule has 8 nitrogen and oxygen atoms in total. The van der Waals surface area contributed by atoms with E-state index in [9.17, 15) is 4.79 Å². The number of nitrogens with zero attached hydrogens (tertiary/aromatic N) is 5. The number of aromatic nitrogens is 3. The van der Waals surface area contributed by atoms with Gasteiger partial charge in [-0.15, -0.1) is 0 Å². The fraction of sp³-hybridized carbons (Fsp3) is 0.368. The second kappa shape index (κ2) is 7.71. The average Bonchev–Trinajstić information content (AvgIpc) is 3.27. The number of rotatable bonds is 4. The quantitative estimate of drug-likeness (QED) is 0.699. The molecule has 1 fully saturated rings. The van der Waals surface area contributed by atoms with Gasteiger partial charge in [0.15, 0.2) is 11.5 Å². The minimum Gasteiger partial charge on any atom is -0.361 e. The second-order valence-electron chi connectivity index (χ2n) is 6.63. The molecular weight excluding hydrogens is 346 g/mol. The minimum atomic E-state index is -0.0837. The molecule has 8 heteroatoms. The Morgan fingerprint density at radius 2 is 1.93 bits per heavy atom. The van der Waals surface area contributed by atoms with Gasteiger partial charge in [-0.1, -0.05) is 28.5 Å². The highest BCUT2D eigenvalue weighted by molar-refractivity contribution is 5.92. The van der Waals surface area contributed by atoms with Crippen molar-refractivity contribution in [3.8, 4) is 11.5 Å². The predicted octanol–water partition coefficient (Wildman–Crippen LogP) is 2.38. The molecule has 140 valence electrons. The van der Waals surface area contributed by atoms with E-state index in [1.165, 1.54) is 0 Å². The Hall–Kier alpha value is -3.00. The first-order valence-corrected chi connectivity index (χ1v) is 9.02. The number of hydrogen-bond acceptors (Lipinski definition) is 7. The highest BCUT2D eigenvalue weighted by Crippen LogP contribution is 2.17. The largest absolute Gasteiger partial charge is 0.361 e. The van der Waals surface area contributed by atoms with Crippen LogP contribution in [0.1, 0.15) is 28.5 Å². The monoisotopic (exact) mass is 367 g/mol. The number of amides is 1. The Morgan fingerprint density at radius 1 is 1.07 bits per heavy atom. The molecule has 1 aromatic carbocycles. The first-order valence-electron chi connectivity index (χ1n) is 9.02. The van der Waals surface area contributed by atoms with E-state index in [2.05, 4.69) is 20.2 Å². The number of benzene rings is 1. The number of aryl methyl sites for hydroxylation is 1. The zero-order valence-corrected chi connectivity index (χ0v) is 15.2. The summed E-state index contributed by atoms with van der Waals surface area (Å²) in [6.07, 6.45) is 0.881. The Labute approximate surface area is 156 Å². The third-order valence-electron chi connectivity index (χ3n) is 4.58. The average molecular weight is 367 g/mol. The molecule has 0 aliphatic carbocycles. The Morgan fingerprint density at radius 3 is 2.70 bits per heavy atom. The van der Waals surface area contributed by atoms with Crippen molar-refractivity contribution in [2.24, 2.45) is 0 Å². The molecule has 2 aromatic heterocycles. The molecule has 0 radical (unpaired) electrons. The first-order chi connectivity index (χ1) is 13.2. The highest BCUT2D eigenvalue weighted by atomic mass is 16.5. The summed E-state index contributed by atoms with van der Waals surface area (Å²) in [5, 5.41) is 7.92. The molecule has 0 N–H and O–H groups in total. The Bertz CT molecular complexity index is 905. The highest BCUT2D eigenvalue weighted by Gasteiger charge is 2.23. The van der Waals surface area contributed by atoms with Gasteiger partial charge in [-0.3, -0.25) is 9.69 Å². The van der Waals surface area contributed by atoms with Crippen molar-refractivity contribution in [2.45, 2.75) is 19.9 Å². The molecule has 1 aliphatic heterocycles. The summed E-state index contributed by atoms with van der Waals surface area (Å²) in [7, 11) is 0. The topological polar surface area (TPSA) is 88.5 Å². The maximum atomic E-state index is 12.5. The lowest BCUT2D eigenvalue weighted by Crippen LogP contribution is -2.35. The predicted molar refractivity (Wildman–Crippen MR) is 96.8 cm³/mol. The van der Waals surface area contributed by atoms with Crippen LogP contribution in [0.15, 0.2) is 45.4 Å². The smallest absolute Gasteiger partial charge is 0.276 e. The molecule has 0 spiro atoms. The molecule has 27 heavy (non-hydrogen) atoms. The first kappa shape index (κ1) is 17.4. The Balaban J connectivity index is 1.36. The van der Waals surface area contributed by atoms with Crippen LogP contribution in [0.5, 0.6) is 0 Å². The van der Waals surface area contributed by atoms with Crippen LogP contribution in [-0.2, 0) is 6.54 Å². The van der Waals surface area contributed by atoms with Gasteiger partial charge in [0.1, 0.15) is 5.76 Å². The molecule has 3 heterocycles. The van der Waals surface area contributed by atoms with Gasteiger partial charge in [0.2, 0.25) is 0 Å². The molecule has 4 rings (SSSR count). The third-order valence-corrected chi connectivity index (χ3v) is 4.58. The lowest BCUT2D eigenvalue weighted by Gasteiger charge is -2.20. The standard InChI is InChI=1S/C19H21N5O3/c1-14-12-16(21-26-14)19(25)24-9-5-8-23(10-11-24)13-17-20-18(27-22-17)15-6-3-2-4-7-15/h2-4,6-7,12H,5,8-11,13H2,1H3. The lowest BCUT2D eigenvalue weighted by atomic mass is 10.2. The molecule has 1 saturated heterocycles. The van der Waals surface area contributed by atoms with Gasteiger partial charge >= 0.3 is 0 Å². The molecule has 3 aromatic rings. The van der Waals surface area contributed by atoms with Gasteiger partial charge in [0.05, 0.1) is 6.54 Å². The summed E-state index contributed by atoms with van der Waals surface area (Å²) >= 11 is 0.